The Labute approximate surface area is 223 Å². The highest BCUT2D eigenvalue weighted by molar-refractivity contribution is 5.54. The minimum atomic E-state index is -0.433. The van der Waals surface area contributed by atoms with Crippen LogP contribution >= 0.6 is 0 Å². The van der Waals surface area contributed by atoms with E-state index in [2.05, 4.69) is 83.2 Å². The quantitative estimate of drug-likeness (QED) is 0.269. The van der Waals surface area contributed by atoms with Crippen LogP contribution in [0.3, 0.4) is 0 Å². The summed E-state index contributed by atoms with van der Waals surface area (Å²) in [4.78, 5) is 11.5. The van der Waals surface area contributed by atoms with Crippen LogP contribution in [-0.2, 0) is 17.6 Å². The van der Waals surface area contributed by atoms with Crippen molar-refractivity contribution in [1.82, 2.24) is 0 Å². The van der Waals surface area contributed by atoms with E-state index in [1.165, 1.54) is 50.1 Å². The Morgan fingerprint density at radius 3 is 1.86 bits per heavy atom. The highest BCUT2D eigenvalue weighted by Gasteiger charge is 2.42. The van der Waals surface area contributed by atoms with Crippen LogP contribution in [0.4, 0.5) is 0 Å². The van der Waals surface area contributed by atoms with E-state index in [1.54, 1.807) is 16.7 Å². The van der Waals surface area contributed by atoms with E-state index in [0.29, 0.717) is 18.4 Å². The maximum atomic E-state index is 11.5. The van der Waals surface area contributed by atoms with Crippen LogP contribution in [-0.4, -0.2) is 30.9 Å². The van der Waals surface area contributed by atoms with Gasteiger partial charge in [0.05, 0.1) is 20.1 Å². The van der Waals surface area contributed by atoms with Gasteiger partial charge in [-0.05, 0) is 142 Å². The average molecular weight is 493 g/mol. The van der Waals surface area contributed by atoms with Crippen molar-refractivity contribution in [1.29, 1.82) is 0 Å². The zero-order valence-corrected chi connectivity index (χ0v) is 25.3. The summed E-state index contributed by atoms with van der Waals surface area (Å²) in [5.41, 5.74) is 17.9. The molecule has 0 fully saturated rings. The molecule has 2 heteroatoms. The van der Waals surface area contributed by atoms with Gasteiger partial charge in [0.25, 0.3) is 0 Å². The molecule has 4 unspecified atom stereocenters. The molecule has 0 aromatic heterocycles. The van der Waals surface area contributed by atoms with Crippen molar-refractivity contribution >= 4 is 6.26 Å². The van der Waals surface area contributed by atoms with Crippen molar-refractivity contribution in [3.8, 4) is 0 Å². The van der Waals surface area contributed by atoms with Crippen LogP contribution in [0.5, 0.6) is 0 Å². The number of hydrogen-bond acceptors (Lipinski definition) is 1. The third kappa shape index (κ3) is 4.95. The first kappa shape index (κ1) is 27.1. The predicted octanol–water partition coefficient (Wildman–Crippen LogP) is 8.00. The Kier molecular flexibility index (Phi) is 8.15. The highest BCUT2D eigenvalue weighted by Crippen LogP contribution is 2.44. The predicted molar refractivity (Wildman–Crippen MR) is 155 cm³/mol. The summed E-state index contributed by atoms with van der Waals surface area (Å²) in [6, 6.07) is 0.418. The summed E-state index contributed by atoms with van der Waals surface area (Å²) in [6.45, 7) is 27.5. The highest BCUT2D eigenvalue weighted by atomic mass is 16.1. The second-order valence-corrected chi connectivity index (χ2v) is 12.5. The molecule has 0 N–H and O–H groups in total. The van der Waals surface area contributed by atoms with Gasteiger partial charge in [0.15, 0.2) is 0 Å². The third-order valence-electron chi connectivity index (χ3n) is 10.9. The summed E-state index contributed by atoms with van der Waals surface area (Å²) in [5.74, 6) is 0.689. The number of aldehydes is 1. The fourth-order valence-corrected chi connectivity index (χ4v) is 6.81. The number of carbonyl (C=O) groups is 1. The molecular weight excluding hydrogens is 438 g/mol. The van der Waals surface area contributed by atoms with Crippen molar-refractivity contribution in [2.24, 2.45) is 11.8 Å². The van der Waals surface area contributed by atoms with Crippen LogP contribution in [0.2, 0.25) is 0 Å². The Morgan fingerprint density at radius 1 is 0.806 bits per heavy atom. The van der Waals surface area contributed by atoms with Crippen LogP contribution in [0.1, 0.15) is 101 Å². The molecule has 0 spiro atoms. The molecule has 1 aliphatic rings. The fourth-order valence-electron chi connectivity index (χ4n) is 6.81. The summed E-state index contributed by atoms with van der Waals surface area (Å²) in [6.07, 6.45) is 3.23. The molecule has 3 rings (SSSR count). The van der Waals surface area contributed by atoms with E-state index < -0.39 is 6.26 Å². The monoisotopic (exact) mass is 492 g/mol. The molecule has 0 amide bonds. The van der Waals surface area contributed by atoms with Crippen LogP contribution in [0.15, 0.2) is 0 Å². The van der Waals surface area contributed by atoms with Gasteiger partial charge in [-0.15, -0.1) is 0 Å². The van der Waals surface area contributed by atoms with E-state index in [0.717, 1.165) is 36.8 Å². The van der Waals surface area contributed by atoms with Crippen LogP contribution < -0.4 is 0 Å². The topological polar surface area (TPSA) is 17.1 Å². The Balaban J connectivity index is 2.13. The maximum Gasteiger partial charge on any atom is 0.120 e. The molecule has 0 saturated heterocycles. The molecule has 1 aliphatic heterocycles. The first-order chi connectivity index (χ1) is 17.1. The average Bonchev–Trinajstić information content (AvgIpc) is 2.85. The summed E-state index contributed by atoms with van der Waals surface area (Å²) in [5, 5.41) is 0. The summed E-state index contributed by atoms with van der Waals surface area (Å²) >= 11 is 0. The van der Waals surface area contributed by atoms with Gasteiger partial charge >= 0.3 is 0 Å². The SMILES string of the molecule is [3H]C(=O)CC(C)C(C)CC[N+]1(C)CCc2c(C)c(C)c(C)c(C)c2C1Cc1c(C)c(C)c(C)c(C)c1C. The van der Waals surface area contributed by atoms with Gasteiger partial charge in [-0.1, -0.05) is 13.8 Å². The zero-order chi connectivity index (χ0) is 28.0. The molecule has 0 bridgehead atoms. The van der Waals surface area contributed by atoms with Crippen LogP contribution in [0, 0.1) is 74.1 Å². The Bertz CT molecular complexity index is 1180. The number of quaternary nitrogens is 1. The zero-order valence-electron chi connectivity index (χ0n) is 26.3. The number of carbonyl (C=O) groups excluding carboxylic acids is 1. The van der Waals surface area contributed by atoms with Gasteiger partial charge in [0.1, 0.15) is 13.7 Å². The summed E-state index contributed by atoms with van der Waals surface area (Å²) < 4.78 is 8.48. The molecule has 2 aromatic carbocycles. The van der Waals surface area contributed by atoms with E-state index in [1.807, 2.05) is 0 Å². The smallest absolute Gasteiger partial charge is 0.120 e. The molecule has 36 heavy (non-hydrogen) atoms. The molecule has 0 saturated carbocycles. The first-order valence-corrected chi connectivity index (χ1v) is 14.1. The largest absolute Gasteiger partial charge is 0.319 e. The van der Waals surface area contributed by atoms with Crippen molar-refractivity contribution in [2.45, 2.75) is 108 Å². The fraction of sp³-hybridized carbons (Fsp3) is 0.618. The van der Waals surface area contributed by atoms with Gasteiger partial charge < -0.3 is 9.28 Å². The molecule has 2 nitrogen and oxygen atoms in total. The number of fused-ring (bicyclic) bond motifs is 1. The standard InChI is InChI=1S/C34H52NO/c1-20(21(2)15-18-36)13-16-35(12)17-14-31-27(8)25(6)26(7)30(11)34(31)33(35)19-32-28(9)23(4)22(3)24(5)29(32)10/h18,20-21,33H,13-17,19H2,1-12H3/q+1/i18T. The van der Waals surface area contributed by atoms with Gasteiger partial charge in [0, 0.05) is 24.8 Å². The lowest BCUT2D eigenvalue weighted by Gasteiger charge is -2.48. The Morgan fingerprint density at radius 2 is 1.31 bits per heavy atom. The van der Waals surface area contributed by atoms with Gasteiger partial charge in [0.2, 0.25) is 0 Å². The van der Waals surface area contributed by atoms with Gasteiger partial charge in [-0.3, -0.25) is 0 Å². The molecule has 198 valence electrons. The molecule has 1 heterocycles. The van der Waals surface area contributed by atoms with Crippen molar-refractivity contribution < 1.29 is 10.6 Å². The molecule has 4 atom stereocenters. The van der Waals surface area contributed by atoms with Gasteiger partial charge in [-0.25, -0.2) is 0 Å². The maximum absolute atomic E-state index is 11.5. The number of nitrogens with zero attached hydrogens (tertiary/aromatic N) is 1. The number of benzene rings is 2. The second kappa shape index (κ2) is 10.8. The lowest BCUT2D eigenvalue weighted by Crippen LogP contribution is -2.53. The molecule has 2 aromatic rings. The normalized spacial score (nSPS) is 21.7. The van der Waals surface area contributed by atoms with E-state index in [-0.39, 0.29) is 5.92 Å². The molecule has 0 aliphatic carbocycles. The lowest BCUT2D eigenvalue weighted by atomic mass is 9.76. The van der Waals surface area contributed by atoms with E-state index in [4.69, 9.17) is 1.37 Å². The molecule has 0 radical (unpaired) electrons. The number of rotatable bonds is 8. The first-order valence-electron chi connectivity index (χ1n) is 14.6. The minimum absolute atomic E-state index is 0.257. The van der Waals surface area contributed by atoms with Crippen molar-refractivity contribution in [3.05, 3.63) is 66.8 Å². The summed E-state index contributed by atoms with van der Waals surface area (Å²) in [7, 11) is 2.49. The van der Waals surface area contributed by atoms with Gasteiger partial charge in [-0.2, -0.15) is 0 Å². The third-order valence-corrected chi connectivity index (χ3v) is 10.9. The number of likely N-dealkylation sites (N-methyl/N-ethyl adjacent to an activating group) is 1. The molecular formula is C34H52NO+. The number of hydrogen-bond donors (Lipinski definition) is 0. The van der Waals surface area contributed by atoms with Crippen molar-refractivity contribution in [3.63, 3.8) is 0 Å². The van der Waals surface area contributed by atoms with Crippen LogP contribution in [0.25, 0.3) is 0 Å². The second-order valence-electron chi connectivity index (χ2n) is 12.5. The lowest BCUT2D eigenvalue weighted by molar-refractivity contribution is -0.942. The Hall–Kier alpha value is -1.93. The van der Waals surface area contributed by atoms with E-state index >= 15 is 0 Å². The van der Waals surface area contributed by atoms with E-state index in [9.17, 15) is 4.79 Å². The minimum Gasteiger partial charge on any atom is -0.319 e. The van der Waals surface area contributed by atoms with Crippen molar-refractivity contribution in [2.75, 3.05) is 20.1 Å².